The van der Waals surface area contributed by atoms with Gasteiger partial charge in [-0.15, -0.1) is 0 Å². The Kier molecular flexibility index (Phi) is 5.58. The van der Waals surface area contributed by atoms with Gasteiger partial charge in [0.1, 0.15) is 17.3 Å². The van der Waals surface area contributed by atoms with Crippen molar-refractivity contribution in [3.05, 3.63) is 94.6 Å². The molecule has 0 bridgehead atoms. The molecule has 0 saturated carbocycles. The molecule has 33 heavy (non-hydrogen) atoms. The first-order valence-electron chi connectivity index (χ1n) is 10.2. The maximum Gasteiger partial charge on any atom is 0.256 e. The van der Waals surface area contributed by atoms with E-state index in [1.165, 1.54) is 11.3 Å². The number of nitrogens with one attached hydrogen (secondary N) is 1. The predicted molar refractivity (Wildman–Crippen MR) is 132 cm³/mol. The maximum atomic E-state index is 13.0. The van der Waals surface area contributed by atoms with Gasteiger partial charge in [-0.2, -0.15) is 9.78 Å². The van der Waals surface area contributed by atoms with E-state index in [9.17, 15) is 4.79 Å². The third-order valence-corrected chi connectivity index (χ3v) is 6.51. The molecule has 0 aliphatic heterocycles. The Hall–Kier alpha value is -3.68. The van der Waals surface area contributed by atoms with Crippen LogP contribution in [0.5, 0.6) is 11.5 Å². The Morgan fingerprint density at radius 2 is 1.79 bits per heavy atom. The summed E-state index contributed by atoms with van der Waals surface area (Å²) in [5.74, 6) is 1.54. The molecule has 0 aliphatic rings. The quantitative estimate of drug-likeness (QED) is 0.304. The molecule has 2 aromatic heterocycles. The van der Waals surface area contributed by atoms with Crippen molar-refractivity contribution in [2.24, 2.45) is 0 Å². The summed E-state index contributed by atoms with van der Waals surface area (Å²) in [4.78, 5) is 17.8. The molecule has 6 nitrogen and oxygen atoms in total. The summed E-state index contributed by atoms with van der Waals surface area (Å²) < 4.78 is 8.38. The Morgan fingerprint density at radius 3 is 2.58 bits per heavy atom. The fourth-order valence-electron chi connectivity index (χ4n) is 3.43. The lowest BCUT2D eigenvalue weighted by molar-refractivity contribution is 0.102. The average molecular weight is 475 g/mol. The number of aryl methyl sites for hydroxylation is 2. The molecule has 1 amide bonds. The summed E-state index contributed by atoms with van der Waals surface area (Å²) in [6.45, 7) is 3.86. The Bertz CT molecular complexity index is 1440. The summed E-state index contributed by atoms with van der Waals surface area (Å²) in [7, 11) is 0. The van der Waals surface area contributed by atoms with E-state index in [0.717, 1.165) is 21.5 Å². The second-order valence-electron chi connectivity index (χ2n) is 7.52. The maximum absolute atomic E-state index is 13.0. The number of aromatic nitrogens is 3. The van der Waals surface area contributed by atoms with Crippen LogP contribution in [0.1, 0.15) is 21.6 Å². The third kappa shape index (κ3) is 4.33. The number of hydrogen-bond acceptors (Lipinski definition) is 5. The fourth-order valence-corrected chi connectivity index (χ4v) is 4.71. The molecule has 0 spiro atoms. The first-order valence-corrected chi connectivity index (χ1v) is 11.4. The average Bonchev–Trinajstić information content (AvgIpc) is 3.42. The number of hydrogen-bond donors (Lipinski definition) is 1. The highest BCUT2D eigenvalue weighted by Crippen LogP contribution is 2.34. The molecular weight excluding hydrogens is 456 g/mol. The number of amides is 1. The summed E-state index contributed by atoms with van der Waals surface area (Å²) in [6, 6.07) is 22.1. The first kappa shape index (κ1) is 21.2. The van der Waals surface area contributed by atoms with Crippen molar-refractivity contribution in [3.63, 3.8) is 0 Å². The minimum Gasteiger partial charge on any atom is -0.457 e. The molecule has 0 unspecified atom stereocenters. The number of halogens is 1. The van der Waals surface area contributed by atoms with Gasteiger partial charge in [0, 0.05) is 11.6 Å². The standard InChI is InChI=1S/C25H19ClN4O2S/c1-15-11-12-20(26)23-22(15)28-25(33-23)30-21(13-16(2)29-30)27-24(31)17-7-6-10-19(14-17)32-18-8-4-3-5-9-18/h3-14H,1-2H3,(H,27,31). The predicted octanol–water partition coefficient (Wildman–Crippen LogP) is 6.80. The minimum atomic E-state index is -0.273. The number of anilines is 1. The van der Waals surface area contributed by atoms with E-state index in [1.54, 1.807) is 22.9 Å². The number of fused-ring (bicyclic) bond motifs is 1. The van der Waals surface area contributed by atoms with E-state index >= 15 is 0 Å². The van der Waals surface area contributed by atoms with Gasteiger partial charge >= 0.3 is 0 Å². The number of rotatable bonds is 5. The molecule has 0 saturated heterocycles. The zero-order valence-corrected chi connectivity index (χ0v) is 19.4. The van der Waals surface area contributed by atoms with Gasteiger partial charge in [0.25, 0.3) is 5.91 Å². The third-order valence-electron chi connectivity index (χ3n) is 5.02. The number of thiazole rings is 1. The first-order chi connectivity index (χ1) is 16.0. The molecule has 0 atom stereocenters. The lowest BCUT2D eigenvalue weighted by Gasteiger charge is -2.09. The molecule has 5 rings (SSSR count). The van der Waals surface area contributed by atoms with Gasteiger partial charge in [0.2, 0.25) is 5.13 Å². The molecule has 0 radical (unpaired) electrons. The number of ether oxygens (including phenoxy) is 1. The number of nitrogens with zero attached hydrogens (tertiary/aromatic N) is 3. The number of carbonyl (C=O) groups excluding carboxylic acids is 1. The molecule has 1 N–H and O–H groups in total. The minimum absolute atomic E-state index is 0.273. The van der Waals surface area contributed by atoms with Gasteiger partial charge in [-0.3, -0.25) is 4.79 Å². The van der Waals surface area contributed by atoms with Gasteiger partial charge in [0.15, 0.2) is 0 Å². The topological polar surface area (TPSA) is 69.0 Å². The number of carbonyl (C=O) groups is 1. The van der Waals surface area contributed by atoms with Gasteiger partial charge in [-0.1, -0.05) is 53.3 Å². The van der Waals surface area contributed by atoms with Crippen molar-refractivity contribution in [1.82, 2.24) is 14.8 Å². The summed E-state index contributed by atoms with van der Waals surface area (Å²) >= 11 is 7.80. The molecule has 2 heterocycles. The molecule has 8 heteroatoms. The lowest BCUT2D eigenvalue weighted by atomic mass is 10.2. The van der Waals surface area contributed by atoms with Crippen molar-refractivity contribution in [3.8, 4) is 16.6 Å². The van der Waals surface area contributed by atoms with Crippen LogP contribution in [0.25, 0.3) is 15.3 Å². The van der Waals surface area contributed by atoms with Crippen molar-refractivity contribution in [2.45, 2.75) is 13.8 Å². The van der Waals surface area contributed by atoms with Crippen LogP contribution in [0.2, 0.25) is 5.02 Å². The van der Waals surface area contributed by atoms with E-state index < -0.39 is 0 Å². The van der Waals surface area contributed by atoms with Crippen LogP contribution in [-0.2, 0) is 0 Å². The monoisotopic (exact) mass is 474 g/mol. The van der Waals surface area contributed by atoms with Gasteiger partial charge in [-0.25, -0.2) is 4.98 Å². The van der Waals surface area contributed by atoms with Crippen LogP contribution in [0.3, 0.4) is 0 Å². The molecule has 0 aliphatic carbocycles. The normalized spacial score (nSPS) is 11.0. The van der Waals surface area contributed by atoms with Crippen LogP contribution < -0.4 is 10.1 Å². The van der Waals surface area contributed by atoms with Crippen LogP contribution in [0.15, 0.2) is 72.8 Å². The van der Waals surface area contributed by atoms with Crippen LogP contribution in [-0.4, -0.2) is 20.7 Å². The van der Waals surface area contributed by atoms with E-state index in [1.807, 2.05) is 68.4 Å². The largest absolute Gasteiger partial charge is 0.457 e. The van der Waals surface area contributed by atoms with Gasteiger partial charge in [-0.05, 0) is 55.8 Å². The Morgan fingerprint density at radius 1 is 1.00 bits per heavy atom. The molecule has 0 fully saturated rings. The van der Waals surface area contributed by atoms with Crippen molar-refractivity contribution in [2.75, 3.05) is 5.32 Å². The van der Waals surface area contributed by atoms with E-state index in [0.29, 0.717) is 33.0 Å². The molecule has 3 aromatic carbocycles. The Labute approximate surface area is 199 Å². The van der Waals surface area contributed by atoms with Crippen LogP contribution in [0, 0.1) is 13.8 Å². The van der Waals surface area contributed by atoms with E-state index in [-0.39, 0.29) is 5.91 Å². The van der Waals surface area contributed by atoms with E-state index in [4.69, 9.17) is 21.3 Å². The Balaban J connectivity index is 1.43. The summed E-state index contributed by atoms with van der Waals surface area (Å²) in [5.41, 5.74) is 3.09. The SMILES string of the molecule is Cc1cc(NC(=O)c2cccc(Oc3ccccc3)c2)n(-c2nc3c(C)ccc(Cl)c3s2)n1. The highest BCUT2D eigenvalue weighted by molar-refractivity contribution is 7.21. The smallest absolute Gasteiger partial charge is 0.256 e. The molecule has 5 aromatic rings. The summed E-state index contributed by atoms with van der Waals surface area (Å²) in [6.07, 6.45) is 0. The number of para-hydroxylation sites is 1. The van der Waals surface area contributed by atoms with Crippen LogP contribution in [0.4, 0.5) is 5.82 Å². The van der Waals surface area contributed by atoms with Crippen LogP contribution >= 0.6 is 22.9 Å². The summed E-state index contributed by atoms with van der Waals surface area (Å²) in [5, 5.41) is 8.76. The zero-order chi connectivity index (χ0) is 22.9. The highest BCUT2D eigenvalue weighted by Gasteiger charge is 2.17. The van der Waals surface area contributed by atoms with Gasteiger partial charge < -0.3 is 10.1 Å². The van der Waals surface area contributed by atoms with Crippen molar-refractivity contribution >= 4 is 44.9 Å². The highest BCUT2D eigenvalue weighted by atomic mass is 35.5. The van der Waals surface area contributed by atoms with Crippen molar-refractivity contribution in [1.29, 1.82) is 0 Å². The van der Waals surface area contributed by atoms with Crippen molar-refractivity contribution < 1.29 is 9.53 Å². The molecule has 164 valence electrons. The second-order valence-corrected chi connectivity index (χ2v) is 8.90. The lowest BCUT2D eigenvalue weighted by Crippen LogP contribution is -2.15. The number of benzene rings is 3. The van der Waals surface area contributed by atoms with Gasteiger partial charge in [0.05, 0.1) is 20.9 Å². The van der Waals surface area contributed by atoms with E-state index in [2.05, 4.69) is 10.4 Å². The zero-order valence-electron chi connectivity index (χ0n) is 17.9. The molecular formula is C25H19ClN4O2S. The fraction of sp³-hybridized carbons (Fsp3) is 0.0800. The second kappa shape index (κ2) is 8.69.